The van der Waals surface area contributed by atoms with E-state index in [0.717, 1.165) is 32.1 Å². The smallest absolute Gasteiger partial charge is 0.245 e. The predicted octanol–water partition coefficient (Wildman–Crippen LogP) is 1.56. The van der Waals surface area contributed by atoms with E-state index in [1.165, 1.54) is 0 Å². The highest BCUT2D eigenvalue weighted by molar-refractivity contribution is 5.97. The van der Waals surface area contributed by atoms with Gasteiger partial charge in [0.15, 0.2) is 0 Å². The number of hydrogen-bond donors (Lipinski definition) is 1. The van der Waals surface area contributed by atoms with Gasteiger partial charge in [-0.25, -0.2) is 0 Å². The molecule has 2 aliphatic rings. The molecule has 1 saturated carbocycles. The Balaban J connectivity index is 2.01. The Morgan fingerprint density at radius 1 is 1.29 bits per heavy atom. The van der Waals surface area contributed by atoms with Crippen LogP contribution in [0.5, 0.6) is 0 Å². The molecule has 120 valence electrons. The summed E-state index contributed by atoms with van der Waals surface area (Å²) in [4.78, 5) is 26.9. The molecular formula is C16H28N2O3. The Morgan fingerprint density at radius 2 is 2.00 bits per heavy atom. The van der Waals surface area contributed by atoms with E-state index >= 15 is 0 Å². The van der Waals surface area contributed by atoms with Crippen molar-refractivity contribution in [3.8, 4) is 0 Å². The fourth-order valence-electron chi connectivity index (χ4n) is 3.09. The highest BCUT2D eigenvalue weighted by atomic mass is 16.5. The van der Waals surface area contributed by atoms with Gasteiger partial charge in [-0.2, -0.15) is 0 Å². The average molecular weight is 296 g/mol. The first-order chi connectivity index (χ1) is 10.0. The van der Waals surface area contributed by atoms with Gasteiger partial charge < -0.3 is 15.0 Å². The molecule has 2 rings (SSSR count). The number of unbranched alkanes of at least 4 members (excludes halogenated alkanes) is 1. The van der Waals surface area contributed by atoms with Gasteiger partial charge in [0, 0.05) is 20.3 Å². The van der Waals surface area contributed by atoms with Crippen LogP contribution >= 0.6 is 0 Å². The summed E-state index contributed by atoms with van der Waals surface area (Å²) >= 11 is 0. The Morgan fingerprint density at radius 3 is 2.57 bits per heavy atom. The number of rotatable bonds is 8. The number of piperazine rings is 1. The monoisotopic (exact) mass is 296 g/mol. The fourth-order valence-corrected chi connectivity index (χ4v) is 3.09. The van der Waals surface area contributed by atoms with Gasteiger partial charge >= 0.3 is 0 Å². The number of ether oxygens (including phenoxy) is 1. The second kappa shape index (κ2) is 7.25. The number of carbonyl (C=O) groups excluding carboxylic acids is 2. The van der Waals surface area contributed by atoms with Crippen molar-refractivity contribution in [1.82, 2.24) is 10.2 Å². The van der Waals surface area contributed by atoms with E-state index in [0.29, 0.717) is 25.0 Å². The molecular weight excluding hydrogens is 268 g/mol. The molecule has 0 aromatic carbocycles. The van der Waals surface area contributed by atoms with Crippen molar-refractivity contribution >= 4 is 11.8 Å². The van der Waals surface area contributed by atoms with Crippen LogP contribution in [0.3, 0.4) is 0 Å². The lowest BCUT2D eigenvalue weighted by atomic mass is 9.96. The second-order valence-corrected chi connectivity index (χ2v) is 6.70. The molecule has 1 aliphatic heterocycles. The molecule has 2 atom stereocenters. The number of hydrogen-bond acceptors (Lipinski definition) is 3. The molecule has 2 fully saturated rings. The van der Waals surface area contributed by atoms with E-state index < -0.39 is 0 Å². The molecule has 0 bridgehead atoms. The lowest BCUT2D eigenvalue weighted by molar-refractivity contribution is -0.150. The maximum absolute atomic E-state index is 12.7. The van der Waals surface area contributed by atoms with E-state index in [2.05, 4.69) is 19.2 Å². The largest absolute Gasteiger partial charge is 0.385 e. The molecule has 0 spiro atoms. The highest BCUT2D eigenvalue weighted by Crippen LogP contribution is 2.37. The zero-order valence-corrected chi connectivity index (χ0v) is 13.4. The van der Waals surface area contributed by atoms with Gasteiger partial charge in [-0.3, -0.25) is 9.59 Å². The third-order valence-electron chi connectivity index (χ3n) is 4.28. The van der Waals surface area contributed by atoms with Crippen LogP contribution in [-0.2, 0) is 14.3 Å². The van der Waals surface area contributed by atoms with E-state index in [4.69, 9.17) is 4.74 Å². The fraction of sp³-hybridized carbons (Fsp3) is 0.875. The lowest BCUT2D eigenvalue weighted by Gasteiger charge is -2.39. The highest BCUT2D eigenvalue weighted by Gasteiger charge is 2.47. The van der Waals surface area contributed by atoms with Crippen molar-refractivity contribution in [3.05, 3.63) is 0 Å². The summed E-state index contributed by atoms with van der Waals surface area (Å²) in [6.45, 7) is 5.54. The van der Waals surface area contributed by atoms with Crippen LogP contribution in [0.2, 0.25) is 0 Å². The molecule has 21 heavy (non-hydrogen) atoms. The zero-order chi connectivity index (χ0) is 15.4. The molecule has 1 aliphatic carbocycles. The number of nitrogens with one attached hydrogen (secondary N) is 1. The molecule has 2 unspecified atom stereocenters. The summed E-state index contributed by atoms with van der Waals surface area (Å²) in [6, 6.07) is -0.571. The number of nitrogens with zero attached hydrogens (tertiary/aromatic N) is 1. The summed E-state index contributed by atoms with van der Waals surface area (Å²) in [5, 5.41) is 2.95. The molecule has 1 saturated heterocycles. The van der Waals surface area contributed by atoms with Crippen molar-refractivity contribution in [1.29, 1.82) is 0 Å². The summed E-state index contributed by atoms with van der Waals surface area (Å²) in [6.07, 6.45) is 4.67. The van der Waals surface area contributed by atoms with Crippen molar-refractivity contribution in [2.45, 2.75) is 58.0 Å². The Labute approximate surface area is 127 Å². The van der Waals surface area contributed by atoms with Crippen LogP contribution in [-0.4, -0.2) is 49.1 Å². The molecule has 5 nitrogen and oxygen atoms in total. The lowest BCUT2D eigenvalue weighted by Crippen LogP contribution is -2.64. The van der Waals surface area contributed by atoms with Crippen LogP contribution < -0.4 is 5.32 Å². The second-order valence-electron chi connectivity index (χ2n) is 6.70. The van der Waals surface area contributed by atoms with Crippen molar-refractivity contribution in [2.75, 3.05) is 20.3 Å². The predicted molar refractivity (Wildman–Crippen MR) is 80.7 cm³/mol. The first-order valence-corrected chi connectivity index (χ1v) is 8.14. The van der Waals surface area contributed by atoms with Gasteiger partial charge in [-0.15, -0.1) is 0 Å². The summed E-state index contributed by atoms with van der Waals surface area (Å²) < 4.78 is 5.06. The molecule has 1 heterocycles. The minimum absolute atomic E-state index is 0.0505. The minimum atomic E-state index is -0.338. The zero-order valence-electron chi connectivity index (χ0n) is 13.4. The molecule has 5 heteroatoms. The summed E-state index contributed by atoms with van der Waals surface area (Å²) in [7, 11) is 1.69. The van der Waals surface area contributed by atoms with Crippen LogP contribution in [0.15, 0.2) is 0 Å². The van der Waals surface area contributed by atoms with E-state index in [1.807, 2.05) is 4.90 Å². The molecule has 0 radical (unpaired) electrons. The molecule has 2 amide bonds. The SMILES string of the molecule is COCCCCN1C(=O)C(CC(C)C)NC(=O)C1C1CC1. The van der Waals surface area contributed by atoms with E-state index in [9.17, 15) is 9.59 Å². The molecule has 1 N–H and O–H groups in total. The van der Waals surface area contributed by atoms with Crippen LogP contribution in [0.1, 0.15) is 46.0 Å². The topological polar surface area (TPSA) is 58.6 Å². The number of carbonyl (C=O) groups is 2. The van der Waals surface area contributed by atoms with Crippen molar-refractivity contribution in [3.63, 3.8) is 0 Å². The maximum atomic E-state index is 12.7. The quantitative estimate of drug-likeness (QED) is 0.692. The standard InChI is InChI=1S/C16H28N2O3/c1-11(2)10-13-16(20)18(8-4-5-9-21-3)14(12-6-7-12)15(19)17-13/h11-14H,4-10H2,1-3H3,(H,17,19). The third-order valence-corrected chi connectivity index (χ3v) is 4.28. The van der Waals surface area contributed by atoms with Gasteiger partial charge in [0.2, 0.25) is 11.8 Å². The van der Waals surface area contributed by atoms with Crippen LogP contribution in [0.25, 0.3) is 0 Å². The van der Waals surface area contributed by atoms with E-state index in [1.54, 1.807) is 7.11 Å². The average Bonchev–Trinajstić information content (AvgIpc) is 3.23. The molecule has 0 aromatic heterocycles. The van der Waals surface area contributed by atoms with Gasteiger partial charge in [0.1, 0.15) is 12.1 Å². The Bertz CT molecular complexity index is 380. The van der Waals surface area contributed by atoms with Crippen molar-refractivity contribution < 1.29 is 14.3 Å². The first kappa shape index (κ1) is 16.3. The maximum Gasteiger partial charge on any atom is 0.245 e. The molecule has 0 aromatic rings. The van der Waals surface area contributed by atoms with Gasteiger partial charge in [0.05, 0.1) is 0 Å². The van der Waals surface area contributed by atoms with Gasteiger partial charge in [-0.1, -0.05) is 13.8 Å². The number of amides is 2. The minimum Gasteiger partial charge on any atom is -0.385 e. The normalized spacial score (nSPS) is 26.4. The van der Waals surface area contributed by atoms with Crippen molar-refractivity contribution in [2.24, 2.45) is 11.8 Å². The van der Waals surface area contributed by atoms with Crippen LogP contribution in [0.4, 0.5) is 0 Å². The van der Waals surface area contributed by atoms with Gasteiger partial charge in [0.25, 0.3) is 0 Å². The first-order valence-electron chi connectivity index (χ1n) is 8.14. The Kier molecular flexibility index (Phi) is 5.62. The third kappa shape index (κ3) is 4.19. The Hall–Kier alpha value is -1.10. The summed E-state index contributed by atoms with van der Waals surface area (Å²) in [5.74, 6) is 0.926. The number of methoxy groups -OCH3 is 1. The van der Waals surface area contributed by atoms with Gasteiger partial charge in [-0.05, 0) is 43.9 Å². The summed E-state index contributed by atoms with van der Waals surface area (Å²) in [5.41, 5.74) is 0. The van der Waals surface area contributed by atoms with Crippen LogP contribution in [0, 0.1) is 11.8 Å². The van der Waals surface area contributed by atoms with E-state index in [-0.39, 0.29) is 23.9 Å².